The number of sulfone groups is 1. The normalized spacial score (nSPS) is 17.4. The molecule has 0 atom stereocenters. The maximum absolute atomic E-state index is 12.9. The van der Waals surface area contributed by atoms with Crippen LogP contribution in [0.2, 0.25) is 0 Å². The van der Waals surface area contributed by atoms with Crippen LogP contribution in [0.5, 0.6) is 5.75 Å². The zero-order valence-electron chi connectivity index (χ0n) is 25.8. The minimum Gasteiger partial charge on any atom is -0.489 e. The molecule has 0 aliphatic carbocycles. The van der Waals surface area contributed by atoms with Crippen LogP contribution in [-0.4, -0.2) is 96.9 Å². The predicted molar refractivity (Wildman–Crippen MR) is 172 cm³/mol. The van der Waals surface area contributed by atoms with Gasteiger partial charge in [0, 0.05) is 57.1 Å². The molecule has 2 aromatic carbocycles. The molecule has 2 aliphatic heterocycles. The standard InChI is InChI=1S/C31H44N8O3S/c1-22(2)42-28-20-25(38-14-12-24(13-15-38)39-18-16-37(5)17-19-39)10-11-26(28)34-30-32-21-33-31(36-30)35-27-8-6-7-9-29(27)43(40,41)23(3)4/h6-11,20-24H,12-19H2,1-5H3,(H2,32,33,34,35,36). The van der Waals surface area contributed by atoms with Crippen molar-refractivity contribution in [1.82, 2.24) is 24.8 Å². The van der Waals surface area contributed by atoms with Crippen molar-refractivity contribution in [3.63, 3.8) is 0 Å². The van der Waals surface area contributed by atoms with E-state index in [9.17, 15) is 8.42 Å². The molecule has 5 rings (SSSR count). The number of benzene rings is 2. The number of anilines is 5. The number of ether oxygens (including phenoxy) is 1. The third kappa shape index (κ3) is 7.54. The molecule has 3 heterocycles. The number of nitrogens with zero attached hydrogens (tertiary/aromatic N) is 6. The van der Waals surface area contributed by atoms with Crippen LogP contribution in [0.15, 0.2) is 53.7 Å². The molecule has 1 aromatic heterocycles. The summed E-state index contributed by atoms with van der Waals surface area (Å²) >= 11 is 0. The lowest BCUT2D eigenvalue weighted by Gasteiger charge is -2.42. The van der Waals surface area contributed by atoms with Gasteiger partial charge in [-0.25, -0.2) is 18.4 Å². The van der Waals surface area contributed by atoms with E-state index in [0.29, 0.717) is 17.7 Å². The van der Waals surface area contributed by atoms with Gasteiger partial charge in [0.25, 0.3) is 0 Å². The first-order valence-electron chi connectivity index (χ1n) is 15.1. The van der Waals surface area contributed by atoms with Crippen LogP contribution in [0.1, 0.15) is 40.5 Å². The second kappa shape index (κ2) is 13.4. The fourth-order valence-electron chi connectivity index (χ4n) is 5.57. The molecule has 43 heavy (non-hydrogen) atoms. The van der Waals surface area contributed by atoms with Gasteiger partial charge in [-0.1, -0.05) is 12.1 Å². The molecule has 2 saturated heterocycles. The smallest absolute Gasteiger partial charge is 0.232 e. The second-order valence-electron chi connectivity index (χ2n) is 11.9. The first kappa shape index (κ1) is 31.0. The summed E-state index contributed by atoms with van der Waals surface area (Å²) < 4.78 is 32.0. The minimum absolute atomic E-state index is 0.0197. The molecule has 0 bridgehead atoms. The van der Waals surface area contributed by atoms with E-state index in [1.54, 1.807) is 38.1 Å². The molecule has 2 fully saturated rings. The Labute approximate surface area is 255 Å². The van der Waals surface area contributed by atoms with Crippen molar-refractivity contribution in [1.29, 1.82) is 0 Å². The maximum atomic E-state index is 12.9. The molecular weight excluding hydrogens is 564 g/mol. The van der Waals surface area contributed by atoms with Crippen molar-refractivity contribution in [3.8, 4) is 5.75 Å². The van der Waals surface area contributed by atoms with Crippen molar-refractivity contribution in [2.24, 2.45) is 0 Å². The van der Waals surface area contributed by atoms with Gasteiger partial charge in [0.05, 0.1) is 27.6 Å². The lowest BCUT2D eigenvalue weighted by atomic mass is 10.0. The van der Waals surface area contributed by atoms with Gasteiger partial charge >= 0.3 is 0 Å². The molecule has 232 valence electrons. The van der Waals surface area contributed by atoms with E-state index in [1.165, 1.54) is 6.33 Å². The SMILES string of the molecule is CC(C)Oc1cc(N2CCC(N3CCN(C)CC3)CC2)ccc1Nc1ncnc(Nc2ccccc2S(=O)(=O)C(C)C)n1. The first-order chi connectivity index (χ1) is 20.6. The largest absolute Gasteiger partial charge is 0.489 e. The van der Waals surface area contributed by atoms with Crippen molar-refractivity contribution in [2.45, 2.75) is 62.8 Å². The molecule has 11 nitrogen and oxygen atoms in total. The van der Waals surface area contributed by atoms with Gasteiger partial charge < -0.3 is 25.2 Å². The average Bonchev–Trinajstić information content (AvgIpc) is 2.99. The van der Waals surface area contributed by atoms with Crippen molar-refractivity contribution >= 4 is 38.8 Å². The van der Waals surface area contributed by atoms with E-state index in [4.69, 9.17) is 4.74 Å². The summed E-state index contributed by atoms with van der Waals surface area (Å²) in [5.41, 5.74) is 2.29. The monoisotopic (exact) mass is 608 g/mol. The van der Waals surface area contributed by atoms with Gasteiger partial charge in [-0.2, -0.15) is 4.98 Å². The van der Waals surface area contributed by atoms with E-state index in [0.717, 1.165) is 69.2 Å². The summed E-state index contributed by atoms with van der Waals surface area (Å²) in [7, 11) is -1.30. The van der Waals surface area contributed by atoms with Gasteiger partial charge in [-0.15, -0.1) is 0 Å². The van der Waals surface area contributed by atoms with Crippen LogP contribution in [0.4, 0.5) is 29.0 Å². The number of likely N-dealkylation sites (N-methyl/N-ethyl adjacent to an activating group) is 1. The lowest BCUT2D eigenvalue weighted by molar-refractivity contribution is 0.0982. The van der Waals surface area contributed by atoms with Crippen molar-refractivity contribution in [3.05, 3.63) is 48.8 Å². The van der Waals surface area contributed by atoms with Crippen LogP contribution in [0, 0.1) is 0 Å². The molecule has 0 spiro atoms. The lowest BCUT2D eigenvalue weighted by Crippen LogP contribution is -2.52. The Hall–Kier alpha value is -3.48. The number of piperidine rings is 1. The van der Waals surface area contributed by atoms with Gasteiger partial charge in [0.1, 0.15) is 12.1 Å². The molecule has 12 heteroatoms. The van der Waals surface area contributed by atoms with Crippen LogP contribution in [0.25, 0.3) is 0 Å². The zero-order valence-corrected chi connectivity index (χ0v) is 26.6. The Bertz CT molecular complexity index is 1480. The highest BCUT2D eigenvalue weighted by atomic mass is 32.2. The number of nitrogens with one attached hydrogen (secondary N) is 2. The highest BCUT2D eigenvalue weighted by Crippen LogP contribution is 2.34. The predicted octanol–water partition coefficient (Wildman–Crippen LogP) is 4.54. The maximum Gasteiger partial charge on any atom is 0.232 e. The Kier molecular flexibility index (Phi) is 9.68. The van der Waals surface area contributed by atoms with Crippen LogP contribution in [-0.2, 0) is 9.84 Å². The summed E-state index contributed by atoms with van der Waals surface area (Å²) in [5.74, 6) is 1.27. The van der Waals surface area contributed by atoms with Crippen LogP contribution in [0.3, 0.4) is 0 Å². The second-order valence-corrected chi connectivity index (χ2v) is 14.3. The molecule has 3 aromatic rings. The summed E-state index contributed by atoms with van der Waals surface area (Å²) in [6, 6.07) is 13.6. The van der Waals surface area contributed by atoms with E-state index >= 15 is 0 Å². The summed E-state index contributed by atoms with van der Waals surface area (Å²) in [5, 5.41) is 5.78. The van der Waals surface area contributed by atoms with Crippen LogP contribution >= 0.6 is 0 Å². The molecule has 2 aliphatic rings. The fraction of sp³-hybridized carbons (Fsp3) is 0.516. The number of piperazine rings is 1. The highest BCUT2D eigenvalue weighted by molar-refractivity contribution is 7.92. The molecule has 0 unspecified atom stereocenters. The zero-order chi connectivity index (χ0) is 30.6. The van der Waals surface area contributed by atoms with E-state index in [1.807, 2.05) is 19.9 Å². The van der Waals surface area contributed by atoms with Crippen LogP contribution < -0.4 is 20.3 Å². The van der Waals surface area contributed by atoms with Gasteiger partial charge in [-0.3, -0.25) is 4.90 Å². The summed E-state index contributed by atoms with van der Waals surface area (Å²) in [6.07, 6.45) is 3.69. The Morgan fingerprint density at radius 3 is 2.16 bits per heavy atom. The number of para-hydroxylation sites is 1. The Morgan fingerprint density at radius 1 is 0.860 bits per heavy atom. The van der Waals surface area contributed by atoms with E-state index < -0.39 is 15.1 Å². The molecule has 0 amide bonds. The van der Waals surface area contributed by atoms with Gasteiger partial charge in [0.2, 0.25) is 11.9 Å². The highest BCUT2D eigenvalue weighted by Gasteiger charge is 2.27. The van der Waals surface area contributed by atoms with Gasteiger partial charge in [0.15, 0.2) is 9.84 Å². The molecule has 0 saturated carbocycles. The van der Waals surface area contributed by atoms with E-state index in [2.05, 4.69) is 59.5 Å². The van der Waals surface area contributed by atoms with Gasteiger partial charge in [-0.05, 0) is 71.8 Å². The van der Waals surface area contributed by atoms with Crippen molar-refractivity contribution < 1.29 is 13.2 Å². The number of hydrogen-bond donors (Lipinski definition) is 2. The number of aromatic nitrogens is 3. The van der Waals surface area contributed by atoms with E-state index in [-0.39, 0.29) is 16.9 Å². The Balaban J connectivity index is 1.30. The Morgan fingerprint density at radius 2 is 1.51 bits per heavy atom. The third-order valence-corrected chi connectivity index (χ3v) is 10.3. The third-order valence-electron chi connectivity index (χ3n) is 8.09. The van der Waals surface area contributed by atoms with Crippen molar-refractivity contribution in [2.75, 3.05) is 61.8 Å². The molecule has 2 N–H and O–H groups in total. The first-order valence-corrected chi connectivity index (χ1v) is 16.7. The fourth-order valence-corrected chi connectivity index (χ4v) is 6.77. The summed E-state index contributed by atoms with van der Waals surface area (Å²) in [6.45, 7) is 14.0. The minimum atomic E-state index is -3.50. The number of rotatable bonds is 10. The quantitative estimate of drug-likeness (QED) is 0.338. The average molecular weight is 609 g/mol. The summed E-state index contributed by atoms with van der Waals surface area (Å²) in [4.78, 5) is 20.7. The number of hydrogen-bond acceptors (Lipinski definition) is 11. The molecular formula is C31H44N8O3S. The molecule has 0 radical (unpaired) electrons. The topological polar surface area (TPSA) is 116 Å².